The van der Waals surface area contributed by atoms with Crippen LogP contribution in [0.2, 0.25) is 0 Å². The quantitative estimate of drug-likeness (QED) is 0.895. The van der Waals surface area contributed by atoms with Gasteiger partial charge in [0.1, 0.15) is 11.8 Å². The number of benzene rings is 1. The summed E-state index contributed by atoms with van der Waals surface area (Å²) in [6.07, 6.45) is 0. The molecule has 0 saturated carbocycles. The van der Waals surface area contributed by atoms with Crippen molar-refractivity contribution in [2.24, 2.45) is 0 Å². The molecular formula is C14H16BrN3O2. The summed E-state index contributed by atoms with van der Waals surface area (Å²) in [6.45, 7) is 5.56. The Morgan fingerprint density at radius 1 is 1.35 bits per heavy atom. The molecule has 0 unspecified atom stereocenters. The van der Waals surface area contributed by atoms with E-state index in [2.05, 4.69) is 31.7 Å². The van der Waals surface area contributed by atoms with Gasteiger partial charge < -0.3 is 15.2 Å². The van der Waals surface area contributed by atoms with Crippen molar-refractivity contribution in [2.45, 2.75) is 26.8 Å². The highest BCUT2D eigenvalue weighted by Crippen LogP contribution is 2.20. The van der Waals surface area contributed by atoms with Crippen molar-refractivity contribution in [3.05, 3.63) is 40.1 Å². The summed E-state index contributed by atoms with van der Waals surface area (Å²) in [5, 5.41) is 9.57. The van der Waals surface area contributed by atoms with Gasteiger partial charge in [-0.15, -0.1) is 0 Å². The average molecular weight is 338 g/mol. The zero-order chi connectivity index (χ0) is 14.7. The van der Waals surface area contributed by atoms with Crippen LogP contribution in [0.25, 0.3) is 0 Å². The molecule has 1 atom stereocenters. The summed E-state index contributed by atoms with van der Waals surface area (Å²) < 4.78 is 5.94. The first-order valence-electron chi connectivity index (χ1n) is 6.22. The third-order valence-electron chi connectivity index (χ3n) is 2.81. The summed E-state index contributed by atoms with van der Waals surface area (Å²) in [6, 6.07) is 7.14. The van der Waals surface area contributed by atoms with Crippen LogP contribution < -0.4 is 10.6 Å². The standard InChI is InChI=1S/C14H16BrN3O2/c1-8-6-11(4-5-12(8)15)16-10(3)14(19)17-13-7-9(2)20-18-13/h4-7,10,16H,1-3H3,(H,17,18,19)/t10-/m0/s1. The van der Waals surface area contributed by atoms with Crippen LogP contribution in [0.4, 0.5) is 11.5 Å². The number of nitrogens with zero attached hydrogens (tertiary/aromatic N) is 1. The van der Waals surface area contributed by atoms with Gasteiger partial charge in [-0.05, 0) is 44.5 Å². The minimum absolute atomic E-state index is 0.168. The Morgan fingerprint density at radius 3 is 2.70 bits per heavy atom. The molecule has 5 nitrogen and oxygen atoms in total. The van der Waals surface area contributed by atoms with Crippen molar-refractivity contribution < 1.29 is 9.32 Å². The molecule has 6 heteroatoms. The SMILES string of the molecule is Cc1cc(NC(=O)[C@H](C)Nc2ccc(Br)c(C)c2)no1. The number of amides is 1. The van der Waals surface area contributed by atoms with E-state index in [1.54, 1.807) is 19.9 Å². The molecule has 0 saturated heterocycles. The van der Waals surface area contributed by atoms with E-state index in [1.165, 1.54) is 0 Å². The number of halogens is 1. The third-order valence-corrected chi connectivity index (χ3v) is 3.70. The van der Waals surface area contributed by atoms with Gasteiger partial charge in [0.25, 0.3) is 0 Å². The van der Waals surface area contributed by atoms with Crippen LogP contribution in [0.15, 0.2) is 33.3 Å². The van der Waals surface area contributed by atoms with Crippen molar-refractivity contribution in [2.75, 3.05) is 10.6 Å². The molecule has 2 rings (SSSR count). The molecule has 1 heterocycles. The summed E-state index contributed by atoms with van der Waals surface area (Å²) in [4.78, 5) is 12.0. The average Bonchev–Trinajstić information content (AvgIpc) is 2.79. The highest BCUT2D eigenvalue weighted by molar-refractivity contribution is 9.10. The van der Waals surface area contributed by atoms with Gasteiger partial charge in [0.15, 0.2) is 5.82 Å². The van der Waals surface area contributed by atoms with Crippen LogP contribution in [0.5, 0.6) is 0 Å². The topological polar surface area (TPSA) is 67.2 Å². The van der Waals surface area contributed by atoms with Crippen molar-refractivity contribution in [3.63, 3.8) is 0 Å². The van der Waals surface area contributed by atoms with Crippen molar-refractivity contribution >= 4 is 33.3 Å². The van der Waals surface area contributed by atoms with Crippen molar-refractivity contribution in [1.82, 2.24) is 5.16 Å². The molecule has 0 aliphatic heterocycles. The summed E-state index contributed by atoms with van der Waals surface area (Å²) in [5.74, 6) is 0.913. The zero-order valence-electron chi connectivity index (χ0n) is 11.5. The van der Waals surface area contributed by atoms with Gasteiger partial charge in [-0.25, -0.2) is 0 Å². The van der Waals surface area contributed by atoms with Crippen LogP contribution in [-0.4, -0.2) is 17.1 Å². The molecule has 0 spiro atoms. The van der Waals surface area contributed by atoms with E-state index in [4.69, 9.17) is 4.52 Å². The number of aryl methyl sites for hydroxylation is 2. The summed E-state index contributed by atoms with van der Waals surface area (Å²) >= 11 is 3.45. The smallest absolute Gasteiger partial charge is 0.247 e. The van der Waals surface area contributed by atoms with Crippen molar-refractivity contribution in [3.8, 4) is 0 Å². The lowest BCUT2D eigenvalue weighted by Crippen LogP contribution is -2.31. The van der Waals surface area contributed by atoms with Gasteiger partial charge in [-0.3, -0.25) is 4.79 Å². The Balaban J connectivity index is 1.98. The van der Waals surface area contributed by atoms with Crippen LogP contribution >= 0.6 is 15.9 Å². The number of hydrogen-bond donors (Lipinski definition) is 2. The van der Waals surface area contributed by atoms with Crippen LogP contribution in [-0.2, 0) is 4.79 Å². The maximum atomic E-state index is 12.0. The molecule has 0 aliphatic carbocycles. The minimum Gasteiger partial charge on any atom is -0.374 e. The lowest BCUT2D eigenvalue weighted by atomic mass is 10.2. The third kappa shape index (κ3) is 3.60. The van der Waals surface area contributed by atoms with Crippen LogP contribution in [0.3, 0.4) is 0 Å². The molecule has 0 fully saturated rings. The fraction of sp³-hybridized carbons (Fsp3) is 0.286. The molecular weight excluding hydrogens is 322 g/mol. The van der Waals surface area contributed by atoms with E-state index >= 15 is 0 Å². The van der Waals surface area contributed by atoms with Gasteiger partial charge in [-0.2, -0.15) is 0 Å². The Hall–Kier alpha value is -1.82. The number of nitrogens with one attached hydrogen (secondary N) is 2. The number of carbonyl (C=O) groups excluding carboxylic acids is 1. The van der Waals surface area contributed by atoms with Gasteiger partial charge in [-0.1, -0.05) is 21.1 Å². The number of hydrogen-bond acceptors (Lipinski definition) is 4. The summed E-state index contributed by atoms with van der Waals surface area (Å²) in [5.41, 5.74) is 2.00. The Kier molecular flexibility index (Phi) is 4.44. The Morgan fingerprint density at radius 2 is 2.10 bits per heavy atom. The van der Waals surface area contributed by atoms with E-state index < -0.39 is 0 Å². The number of anilines is 2. The normalized spacial score (nSPS) is 12.0. The molecule has 0 bridgehead atoms. The van der Waals surface area contributed by atoms with Gasteiger partial charge in [0.05, 0.1) is 0 Å². The molecule has 1 aromatic heterocycles. The van der Waals surface area contributed by atoms with Gasteiger partial charge in [0.2, 0.25) is 5.91 Å². The fourth-order valence-electron chi connectivity index (χ4n) is 1.71. The fourth-order valence-corrected chi connectivity index (χ4v) is 1.96. The van der Waals surface area contributed by atoms with Crippen LogP contribution in [0, 0.1) is 13.8 Å². The predicted molar refractivity (Wildman–Crippen MR) is 81.8 cm³/mol. The van der Waals surface area contributed by atoms with E-state index in [0.717, 1.165) is 15.7 Å². The highest BCUT2D eigenvalue weighted by Gasteiger charge is 2.14. The second-order valence-electron chi connectivity index (χ2n) is 4.64. The molecule has 0 radical (unpaired) electrons. The van der Waals surface area contributed by atoms with Gasteiger partial charge in [0, 0.05) is 16.2 Å². The molecule has 0 aliphatic rings. The molecule has 2 N–H and O–H groups in total. The maximum absolute atomic E-state index is 12.0. The highest BCUT2D eigenvalue weighted by atomic mass is 79.9. The number of aromatic nitrogens is 1. The maximum Gasteiger partial charge on any atom is 0.247 e. The van der Waals surface area contributed by atoms with Gasteiger partial charge >= 0.3 is 0 Å². The molecule has 106 valence electrons. The molecule has 20 heavy (non-hydrogen) atoms. The first-order chi connectivity index (χ1) is 9.45. The number of rotatable bonds is 4. The first kappa shape index (κ1) is 14.6. The lowest BCUT2D eigenvalue weighted by Gasteiger charge is -2.15. The van der Waals surface area contributed by atoms with Crippen LogP contribution in [0.1, 0.15) is 18.2 Å². The van der Waals surface area contributed by atoms with E-state index in [1.807, 2.05) is 25.1 Å². The Bertz CT molecular complexity index is 625. The second kappa shape index (κ2) is 6.09. The first-order valence-corrected chi connectivity index (χ1v) is 7.02. The monoisotopic (exact) mass is 337 g/mol. The molecule has 1 aromatic carbocycles. The van der Waals surface area contributed by atoms with E-state index in [-0.39, 0.29) is 11.9 Å². The van der Waals surface area contributed by atoms with E-state index in [9.17, 15) is 4.79 Å². The predicted octanol–water partition coefficient (Wildman–Crippen LogP) is 3.49. The minimum atomic E-state index is -0.382. The van der Waals surface area contributed by atoms with Crippen molar-refractivity contribution in [1.29, 1.82) is 0 Å². The summed E-state index contributed by atoms with van der Waals surface area (Å²) in [7, 11) is 0. The number of carbonyl (C=O) groups is 1. The second-order valence-corrected chi connectivity index (χ2v) is 5.50. The largest absolute Gasteiger partial charge is 0.374 e. The zero-order valence-corrected chi connectivity index (χ0v) is 13.1. The van der Waals surface area contributed by atoms with E-state index in [0.29, 0.717) is 11.6 Å². The lowest BCUT2D eigenvalue weighted by molar-refractivity contribution is -0.116. The molecule has 1 amide bonds. The Labute approximate surface area is 125 Å². The molecule has 2 aromatic rings.